The van der Waals surface area contributed by atoms with Gasteiger partial charge in [0.1, 0.15) is 12.6 Å². The molecular formula is C27H39N3O4S. The highest BCUT2D eigenvalue weighted by Crippen LogP contribution is 2.29. The topological polar surface area (TPSA) is 86.8 Å². The Balaban J connectivity index is 2.37. The summed E-state index contributed by atoms with van der Waals surface area (Å²) in [6.07, 6.45) is 2.42. The molecule has 1 N–H and O–H groups in total. The van der Waals surface area contributed by atoms with Gasteiger partial charge in [-0.1, -0.05) is 69.3 Å². The number of anilines is 1. The van der Waals surface area contributed by atoms with E-state index >= 15 is 0 Å². The zero-order chi connectivity index (χ0) is 26.2. The minimum Gasteiger partial charge on any atom is -0.352 e. The predicted octanol–water partition coefficient (Wildman–Crippen LogP) is 3.95. The van der Waals surface area contributed by atoms with E-state index in [-0.39, 0.29) is 24.4 Å². The molecule has 2 aromatic rings. The molecule has 0 aliphatic carbocycles. The van der Waals surface area contributed by atoms with Gasteiger partial charge in [-0.3, -0.25) is 13.9 Å². The fourth-order valence-electron chi connectivity index (χ4n) is 3.83. The van der Waals surface area contributed by atoms with Gasteiger partial charge in [0.25, 0.3) is 0 Å². The first-order chi connectivity index (χ1) is 16.5. The molecule has 2 amide bonds. The average molecular weight is 502 g/mol. The van der Waals surface area contributed by atoms with E-state index in [0.29, 0.717) is 18.7 Å². The molecule has 8 heteroatoms. The Labute approximate surface area is 210 Å². The molecule has 192 valence electrons. The largest absolute Gasteiger partial charge is 0.352 e. The lowest BCUT2D eigenvalue weighted by Crippen LogP contribution is -2.53. The lowest BCUT2D eigenvalue weighted by Gasteiger charge is -2.32. The van der Waals surface area contributed by atoms with E-state index in [4.69, 9.17) is 0 Å². The Morgan fingerprint density at radius 3 is 2.11 bits per heavy atom. The lowest BCUT2D eigenvalue weighted by atomic mass is 10.0. The van der Waals surface area contributed by atoms with Gasteiger partial charge in [-0.15, -0.1) is 0 Å². The molecule has 0 fully saturated rings. The number of benzene rings is 2. The Hall–Kier alpha value is -2.87. The molecule has 0 aliphatic rings. The molecule has 0 saturated heterocycles. The minimum atomic E-state index is -3.75. The van der Waals surface area contributed by atoms with Crippen LogP contribution >= 0.6 is 0 Å². The number of amides is 2. The summed E-state index contributed by atoms with van der Waals surface area (Å²) in [7, 11) is -3.75. The fraction of sp³-hybridized carbons (Fsp3) is 0.481. The first-order valence-electron chi connectivity index (χ1n) is 12.2. The van der Waals surface area contributed by atoms with Gasteiger partial charge in [-0.25, -0.2) is 8.42 Å². The number of nitrogens with zero attached hydrogens (tertiary/aromatic N) is 2. The summed E-state index contributed by atoms with van der Waals surface area (Å²) in [4.78, 5) is 28.0. The minimum absolute atomic E-state index is 0.0264. The number of hydrogen-bond acceptors (Lipinski definition) is 4. The molecule has 0 aromatic heterocycles. The monoisotopic (exact) mass is 501 g/mol. The summed E-state index contributed by atoms with van der Waals surface area (Å²) in [6.45, 7) is 9.45. The van der Waals surface area contributed by atoms with Crippen molar-refractivity contribution in [1.82, 2.24) is 10.2 Å². The van der Waals surface area contributed by atoms with E-state index in [0.717, 1.165) is 28.1 Å². The maximum Gasteiger partial charge on any atom is 0.244 e. The van der Waals surface area contributed by atoms with Crippen molar-refractivity contribution in [2.45, 2.75) is 65.5 Å². The normalized spacial score (nSPS) is 13.2. The van der Waals surface area contributed by atoms with Crippen LogP contribution in [0, 0.1) is 0 Å². The molecule has 0 spiro atoms. The van der Waals surface area contributed by atoms with E-state index in [1.807, 2.05) is 70.2 Å². The van der Waals surface area contributed by atoms with Gasteiger partial charge in [0.05, 0.1) is 11.9 Å². The quantitative estimate of drug-likeness (QED) is 0.477. The number of nitrogens with one attached hydrogen (secondary N) is 1. The molecular weight excluding hydrogens is 462 g/mol. The zero-order valence-electron chi connectivity index (χ0n) is 21.7. The molecule has 0 heterocycles. The predicted molar refractivity (Wildman–Crippen MR) is 142 cm³/mol. The molecule has 0 unspecified atom stereocenters. The van der Waals surface area contributed by atoms with Crippen molar-refractivity contribution < 1.29 is 18.0 Å². The highest BCUT2D eigenvalue weighted by Gasteiger charge is 2.31. The molecule has 0 radical (unpaired) electrons. The first-order valence-corrected chi connectivity index (χ1v) is 14.0. The number of sulfonamides is 1. The molecule has 7 nitrogen and oxygen atoms in total. The van der Waals surface area contributed by atoms with Crippen molar-refractivity contribution in [3.8, 4) is 0 Å². The second-order valence-electron chi connectivity index (χ2n) is 9.30. The van der Waals surface area contributed by atoms with Crippen LogP contribution < -0.4 is 9.62 Å². The third kappa shape index (κ3) is 8.09. The highest BCUT2D eigenvalue weighted by molar-refractivity contribution is 7.92. The summed E-state index contributed by atoms with van der Waals surface area (Å²) in [5.41, 5.74) is 2.35. The summed E-state index contributed by atoms with van der Waals surface area (Å²) in [6, 6.07) is 16.1. The van der Waals surface area contributed by atoms with Crippen molar-refractivity contribution in [3.05, 3.63) is 65.7 Å². The SMILES string of the molecule is CC[C@@H](C)NC(=O)[C@@H](C)N(CCc1ccccc1)C(=O)CN(c1ccccc1C(C)C)S(C)(=O)=O. The number of carbonyl (C=O) groups excluding carboxylic acids is 2. The number of hydrogen-bond donors (Lipinski definition) is 1. The van der Waals surface area contributed by atoms with Crippen molar-refractivity contribution >= 4 is 27.5 Å². The Bertz CT molecular complexity index is 1090. The van der Waals surface area contributed by atoms with Gasteiger partial charge >= 0.3 is 0 Å². The smallest absolute Gasteiger partial charge is 0.244 e. The third-order valence-electron chi connectivity index (χ3n) is 6.16. The van der Waals surface area contributed by atoms with Gasteiger partial charge in [0, 0.05) is 12.6 Å². The Morgan fingerprint density at radius 2 is 1.54 bits per heavy atom. The Kier molecular flexibility index (Phi) is 10.3. The zero-order valence-corrected chi connectivity index (χ0v) is 22.5. The van der Waals surface area contributed by atoms with Gasteiger partial charge in [-0.05, 0) is 49.8 Å². The standard InChI is InChI=1S/C27H39N3O4S/c1-7-21(4)28-27(32)22(5)29(18-17-23-13-9-8-10-14-23)26(31)19-30(35(6,33)34)25-16-12-11-15-24(25)20(2)3/h8-16,20-22H,7,17-19H2,1-6H3,(H,28,32)/t21-,22-/m1/s1. The molecule has 2 rings (SSSR count). The molecule has 0 saturated carbocycles. The number of rotatable bonds is 12. The van der Waals surface area contributed by atoms with E-state index in [9.17, 15) is 18.0 Å². The van der Waals surface area contributed by atoms with Crippen LogP contribution in [0.1, 0.15) is 58.1 Å². The summed E-state index contributed by atoms with van der Waals surface area (Å²) in [5.74, 6) is -0.606. The van der Waals surface area contributed by atoms with Gasteiger partial charge in [0.2, 0.25) is 21.8 Å². The van der Waals surface area contributed by atoms with Crippen molar-refractivity contribution in [2.24, 2.45) is 0 Å². The maximum atomic E-state index is 13.6. The van der Waals surface area contributed by atoms with Crippen LogP contribution in [0.15, 0.2) is 54.6 Å². The summed E-state index contributed by atoms with van der Waals surface area (Å²) in [5, 5.41) is 2.94. The van der Waals surface area contributed by atoms with Crippen LogP contribution in [0.25, 0.3) is 0 Å². The van der Waals surface area contributed by atoms with Crippen LogP contribution in [0.2, 0.25) is 0 Å². The fourth-order valence-corrected chi connectivity index (χ4v) is 4.70. The van der Waals surface area contributed by atoms with Crippen LogP contribution in [-0.2, 0) is 26.0 Å². The lowest BCUT2D eigenvalue weighted by molar-refractivity contribution is -0.139. The molecule has 35 heavy (non-hydrogen) atoms. The molecule has 0 bridgehead atoms. The third-order valence-corrected chi connectivity index (χ3v) is 7.29. The number of carbonyl (C=O) groups is 2. The number of para-hydroxylation sites is 1. The van der Waals surface area contributed by atoms with E-state index < -0.39 is 22.0 Å². The van der Waals surface area contributed by atoms with Crippen LogP contribution in [0.3, 0.4) is 0 Å². The van der Waals surface area contributed by atoms with E-state index in [2.05, 4.69) is 5.32 Å². The summed E-state index contributed by atoms with van der Waals surface area (Å²) >= 11 is 0. The molecule has 0 aliphatic heterocycles. The van der Waals surface area contributed by atoms with Gasteiger partial charge in [-0.2, -0.15) is 0 Å². The second kappa shape index (κ2) is 12.7. The van der Waals surface area contributed by atoms with Crippen molar-refractivity contribution in [1.29, 1.82) is 0 Å². The highest BCUT2D eigenvalue weighted by atomic mass is 32.2. The average Bonchev–Trinajstić information content (AvgIpc) is 2.82. The van der Waals surface area contributed by atoms with E-state index in [1.165, 1.54) is 4.90 Å². The van der Waals surface area contributed by atoms with Crippen LogP contribution in [-0.4, -0.2) is 56.6 Å². The first kappa shape index (κ1) is 28.4. The van der Waals surface area contributed by atoms with E-state index in [1.54, 1.807) is 19.1 Å². The van der Waals surface area contributed by atoms with Gasteiger partial charge < -0.3 is 10.2 Å². The van der Waals surface area contributed by atoms with Crippen molar-refractivity contribution in [2.75, 3.05) is 23.7 Å². The molecule has 2 atom stereocenters. The summed E-state index contributed by atoms with van der Waals surface area (Å²) < 4.78 is 26.8. The Morgan fingerprint density at radius 1 is 0.943 bits per heavy atom. The molecule has 2 aromatic carbocycles. The second-order valence-corrected chi connectivity index (χ2v) is 11.2. The van der Waals surface area contributed by atoms with Crippen molar-refractivity contribution in [3.63, 3.8) is 0 Å². The van der Waals surface area contributed by atoms with Crippen LogP contribution in [0.5, 0.6) is 0 Å². The van der Waals surface area contributed by atoms with Gasteiger partial charge in [0.15, 0.2) is 0 Å². The van der Waals surface area contributed by atoms with Crippen LogP contribution in [0.4, 0.5) is 5.69 Å². The maximum absolute atomic E-state index is 13.6.